The quantitative estimate of drug-likeness (QED) is 0.725. The maximum Gasteiger partial charge on any atom is 0.0169 e. The molecule has 2 N–H and O–H groups in total. The van der Waals surface area contributed by atoms with E-state index in [0.29, 0.717) is 6.04 Å². The standard InChI is InChI=1S/C15H31N3/c1-3-16-11-14-7-9-18(10-8-14)12-13(2)17-15-5-4-6-15/h13-17H,3-12H2,1-2H3. The van der Waals surface area contributed by atoms with Crippen molar-refractivity contribution < 1.29 is 0 Å². The van der Waals surface area contributed by atoms with Gasteiger partial charge in [-0.1, -0.05) is 13.3 Å². The highest BCUT2D eigenvalue weighted by atomic mass is 15.2. The first-order valence-corrected chi connectivity index (χ1v) is 7.97. The minimum absolute atomic E-state index is 0.667. The van der Waals surface area contributed by atoms with Gasteiger partial charge in [-0.05, 0) is 64.7 Å². The molecule has 2 rings (SSSR count). The number of nitrogens with one attached hydrogen (secondary N) is 2. The van der Waals surface area contributed by atoms with Gasteiger partial charge in [0.2, 0.25) is 0 Å². The van der Waals surface area contributed by atoms with Gasteiger partial charge in [-0.15, -0.1) is 0 Å². The van der Waals surface area contributed by atoms with E-state index in [2.05, 4.69) is 29.4 Å². The van der Waals surface area contributed by atoms with Crippen molar-refractivity contribution in [3.05, 3.63) is 0 Å². The molecule has 3 nitrogen and oxygen atoms in total. The summed E-state index contributed by atoms with van der Waals surface area (Å²) < 4.78 is 0. The first-order chi connectivity index (χ1) is 8.78. The van der Waals surface area contributed by atoms with Crippen molar-refractivity contribution in [1.29, 1.82) is 0 Å². The summed E-state index contributed by atoms with van der Waals surface area (Å²) in [5, 5.41) is 7.24. The molecule has 106 valence electrons. The van der Waals surface area contributed by atoms with Gasteiger partial charge >= 0.3 is 0 Å². The topological polar surface area (TPSA) is 27.3 Å². The molecule has 2 aliphatic rings. The average molecular weight is 253 g/mol. The molecular weight excluding hydrogens is 222 g/mol. The number of hydrogen-bond donors (Lipinski definition) is 2. The van der Waals surface area contributed by atoms with E-state index in [0.717, 1.165) is 18.5 Å². The van der Waals surface area contributed by atoms with Crippen LogP contribution in [-0.2, 0) is 0 Å². The zero-order valence-corrected chi connectivity index (χ0v) is 12.3. The molecule has 0 radical (unpaired) electrons. The Kier molecular flexibility index (Phi) is 5.93. The van der Waals surface area contributed by atoms with Gasteiger partial charge in [-0.3, -0.25) is 0 Å². The van der Waals surface area contributed by atoms with Gasteiger partial charge in [0, 0.05) is 18.6 Å². The van der Waals surface area contributed by atoms with Gasteiger partial charge in [-0.2, -0.15) is 0 Å². The minimum Gasteiger partial charge on any atom is -0.317 e. The summed E-state index contributed by atoms with van der Waals surface area (Å²) in [7, 11) is 0. The predicted octanol–water partition coefficient (Wildman–Crippen LogP) is 1.84. The molecule has 1 saturated carbocycles. The molecule has 0 aromatic rings. The second-order valence-corrected chi connectivity index (χ2v) is 6.25. The van der Waals surface area contributed by atoms with Crippen LogP contribution in [0.2, 0.25) is 0 Å². The van der Waals surface area contributed by atoms with E-state index in [1.807, 2.05) is 0 Å². The van der Waals surface area contributed by atoms with Crippen molar-refractivity contribution in [2.75, 3.05) is 32.7 Å². The van der Waals surface area contributed by atoms with Crippen LogP contribution in [0.3, 0.4) is 0 Å². The molecule has 1 saturated heterocycles. The van der Waals surface area contributed by atoms with Gasteiger partial charge in [-0.25, -0.2) is 0 Å². The molecule has 1 aliphatic heterocycles. The minimum atomic E-state index is 0.667. The Balaban J connectivity index is 1.57. The first-order valence-electron chi connectivity index (χ1n) is 7.97. The summed E-state index contributed by atoms with van der Waals surface area (Å²) >= 11 is 0. The molecule has 1 atom stereocenters. The molecule has 0 aromatic carbocycles. The fraction of sp³-hybridized carbons (Fsp3) is 1.00. The Bertz CT molecular complexity index is 220. The summed E-state index contributed by atoms with van der Waals surface area (Å²) in [6, 6.07) is 1.49. The Labute approximate surface area is 113 Å². The Morgan fingerprint density at radius 1 is 1.17 bits per heavy atom. The number of piperidine rings is 1. The molecule has 18 heavy (non-hydrogen) atoms. The van der Waals surface area contributed by atoms with Gasteiger partial charge in [0.05, 0.1) is 0 Å². The van der Waals surface area contributed by atoms with Crippen LogP contribution in [-0.4, -0.2) is 49.7 Å². The number of hydrogen-bond acceptors (Lipinski definition) is 3. The van der Waals surface area contributed by atoms with Crippen molar-refractivity contribution in [2.24, 2.45) is 5.92 Å². The highest BCUT2D eigenvalue weighted by Gasteiger charge is 2.22. The summed E-state index contributed by atoms with van der Waals surface area (Å²) in [5.41, 5.74) is 0. The maximum absolute atomic E-state index is 3.76. The van der Waals surface area contributed by atoms with E-state index in [-0.39, 0.29) is 0 Å². The third-order valence-corrected chi connectivity index (χ3v) is 4.55. The van der Waals surface area contributed by atoms with Crippen molar-refractivity contribution >= 4 is 0 Å². The highest BCUT2D eigenvalue weighted by molar-refractivity contribution is 4.82. The fourth-order valence-corrected chi connectivity index (χ4v) is 3.14. The van der Waals surface area contributed by atoms with Crippen LogP contribution in [0.4, 0.5) is 0 Å². The lowest BCUT2D eigenvalue weighted by Gasteiger charge is -2.36. The van der Waals surface area contributed by atoms with E-state index >= 15 is 0 Å². The first kappa shape index (κ1) is 14.3. The highest BCUT2D eigenvalue weighted by Crippen LogP contribution is 2.20. The molecule has 0 spiro atoms. The second kappa shape index (κ2) is 7.46. The zero-order valence-electron chi connectivity index (χ0n) is 12.3. The summed E-state index contributed by atoms with van der Waals surface area (Å²) in [6.07, 6.45) is 6.98. The van der Waals surface area contributed by atoms with Crippen molar-refractivity contribution in [2.45, 2.75) is 58.0 Å². The maximum atomic E-state index is 3.76. The SMILES string of the molecule is CCNCC1CCN(CC(C)NC2CCC2)CC1. The number of likely N-dealkylation sites (tertiary alicyclic amines) is 1. The van der Waals surface area contributed by atoms with E-state index in [1.165, 1.54) is 58.3 Å². The van der Waals surface area contributed by atoms with Crippen molar-refractivity contribution in [3.8, 4) is 0 Å². The van der Waals surface area contributed by atoms with Crippen LogP contribution in [0.1, 0.15) is 46.0 Å². The Morgan fingerprint density at radius 3 is 2.44 bits per heavy atom. The third kappa shape index (κ3) is 4.52. The largest absolute Gasteiger partial charge is 0.317 e. The molecule has 1 heterocycles. The average Bonchev–Trinajstić information content (AvgIpc) is 2.33. The predicted molar refractivity (Wildman–Crippen MR) is 77.9 cm³/mol. The Morgan fingerprint density at radius 2 is 1.89 bits per heavy atom. The van der Waals surface area contributed by atoms with E-state index < -0.39 is 0 Å². The van der Waals surface area contributed by atoms with Crippen molar-refractivity contribution in [1.82, 2.24) is 15.5 Å². The molecule has 1 aliphatic carbocycles. The molecule has 3 heteroatoms. The number of nitrogens with zero attached hydrogens (tertiary/aromatic N) is 1. The van der Waals surface area contributed by atoms with Gasteiger partial charge in [0.25, 0.3) is 0 Å². The monoisotopic (exact) mass is 253 g/mol. The second-order valence-electron chi connectivity index (χ2n) is 6.25. The normalized spacial score (nSPS) is 25.0. The molecule has 2 fully saturated rings. The van der Waals surface area contributed by atoms with Gasteiger partial charge in [0.1, 0.15) is 0 Å². The van der Waals surface area contributed by atoms with E-state index in [1.54, 1.807) is 0 Å². The van der Waals surface area contributed by atoms with Crippen LogP contribution in [0.25, 0.3) is 0 Å². The summed E-state index contributed by atoms with van der Waals surface area (Å²) in [5.74, 6) is 0.913. The summed E-state index contributed by atoms with van der Waals surface area (Å²) in [6.45, 7) is 10.7. The lowest BCUT2D eigenvalue weighted by molar-refractivity contribution is 0.161. The van der Waals surface area contributed by atoms with Crippen molar-refractivity contribution in [3.63, 3.8) is 0 Å². The Hall–Kier alpha value is -0.120. The zero-order chi connectivity index (χ0) is 12.8. The molecular formula is C15H31N3. The van der Waals surface area contributed by atoms with Crippen LogP contribution in [0.5, 0.6) is 0 Å². The molecule has 0 bridgehead atoms. The van der Waals surface area contributed by atoms with Crippen LogP contribution in [0.15, 0.2) is 0 Å². The van der Waals surface area contributed by atoms with Crippen LogP contribution in [0, 0.1) is 5.92 Å². The van der Waals surface area contributed by atoms with E-state index in [9.17, 15) is 0 Å². The fourth-order valence-electron chi connectivity index (χ4n) is 3.14. The van der Waals surface area contributed by atoms with Crippen LogP contribution < -0.4 is 10.6 Å². The van der Waals surface area contributed by atoms with E-state index in [4.69, 9.17) is 0 Å². The molecule has 0 amide bonds. The lowest BCUT2D eigenvalue weighted by atomic mass is 9.92. The number of rotatable bonds is 7. The van der Waals surface area contributed by atoms with Gasteiger partial charge < -0.3 is 15.5 Å². The van der Waals surface area contributed by atoms with Gasteiger partial charge in [0.15, 0.2) is 0 Å². The summed E-state index contributed by atoms with van der Waals surface area (Å²) in [4.78, 5) is 2.65. The third-order valence-electron chi connectivity index (χ3n) is 4.55. The smallest absolute Gasteiger partial charge is 0.0169 e. The molecule has 1 unspecified atom stereocenters. The van der Waals surface area contributed by atoms with Crippen LogP contribution >= 0.6 is 0 Å². The molecule has 0 aromatic heterocycles. The lowest BCUT2D eigenvalue weighted by Crippen LogP contribution is -2.48.